The van der Waals surface area contributed by atoms with Gasteiger partial charge in [0.15, 0.2) is 0 Å². The normalized spacial score (nSPS) is 12.8. The van der Waals surface area contributed by atoms with Crippen molar-refractivity contribution in [2.75, 3.05) is 17.9 Å². The number of nitrogens with one attached hydrogen (secondary N) is 1. The molecule has 0 bridgehead atoms. The third-order valence-corrected chi connectivity index (χ3v) is 5.10. The van der Waals surface area contributed by atoms with E-state index in [1.54, 1.807) is 6.92 Å². The highest BCUT2D eigenvalue weighted by Crippen LogP contribution is 2.29. The lowest BCUT2D eigenvalue weighted by Crippen LogP contribution is -2.38. The maximum absolute atomic E-state index is 11.7. The molecule has 1 aromatic rings. The van der Waals surface area contributed by atoms with Crippen molar-refractivity contribution in [3.8, 4) is 0 Å². The van der Waals surface area contributed by atoms with Crippen molar-refractivity contribution < 1.29 is 8.42 Å². The summed E-state index contributed by atoms with van der Waals surface area (Å²) in [4.78, 5) is 0. The van der Waals surface area contributed by atoms with Crippen LogP contribution in [0.4, 0.5) is 5.13 Å². The molecule has 0 amide bonds. The third kappa shape index (κ3) is 3.36. The minimum atomic E-state index is -3.50. The molecule has 0 fully saturated rings. The fourth-order valence-corrected chi connectivity index (χ4v) is 3.01. The van der Waals surface area contributed by atoms with Crippen LogP contribution in [-0.2, 0) is 15.6 Å². The average molecular weight is 278 g/mol. The van der Waals surface area contributed by atoms with E-state index in [-0.39, 0.29) is 5.41 Å². The van der Waals surface area contributed by atoms with E-state index in [0.29, 0.717) is 11.7 Å². The van der Waals surface area contributed by atoms with Crippen LogP contribution in [-0.4, -0.2) is 32.2 Å². The molecule has 0 unspecified atom stereocenters. The van der Waals surface area contributed by atoms with Gasteiger partial charge >= 0.3 is 10.2 Å². The standard InChI is InChI=1S/C9H18N4O2S2/c1-6-10-17(14,15)13(5)8-12-11-7(16-8)9(2,3)4/h10H,6H2,1-5H3. The molecule has 0 radical (unpaired) electrons. The van der Waals surface area contributed by atoms with Gasteiger partial charge in [0, 0.05) is 19.0 Å². The Morgan fingerprint density at radius 2 is 1.94 bits per heavy atom. The summed E-state index contributed by atoms with van der Waals surface area (Å²) in [5, 5.41) is 9.11. The second-order valence-electron chi connectivity index (χ2n) is 4.61. The van der Waals surface area contributed by atoms with Crippen LogP contribution in [0.3, 0.4) is 0 Å². The number of hydrogen-bond acceptors (Lipinski definition) is 5. The summed E-state index contributed by atoms with van der Waals surface area (Å²) in [7, 11) is -2.04. The van der Waals surface area contributed by atoms with E-state index < -0.39 is 10.2 Å². The molecule has 0 spiro atoms. The molecule has 1 N–H and O–H groups in total. The molecule has 6 nitrogen and oxygen atoms in total. The van der Waals surface area contributed by atoms with Crippen molar-refractivity contribution in [2.45, 2.75) is 33.1 Å². The van der Waals surface area contributed by atoms with Crippen molar-refractivity contribution in [1.82, 2.24) is 14.9 Å². The number of rotatable bonds is 4. The van der Waals surface area contributed by atoms with Crippen LogP contribution in [0.5, 0.6) is 0 Å². The predicted octanol–water partition coefficient (Wildman–Crippen LogP) is 1.13. The van der Waals surface area contributed by atoms with Gasteiger partial charge in [0.1, 0.15) is 5.01 Å². The second-order valence-corrected chi connectivity index (χ2v) is 7.35. The zero-order valence-corrected chi connectivity index (χ0v) is 12.3. The molecule has 0 aliphatic carbocycles. The van der Waals surface area contributed by atoms with Crippen molar-refractivity contribution in [3.05, 3.63) is 5.01 Å². The molecule has 1 aromatic heterocycles. The van der Waals surface area contributed by atoms with E-state index in [4.69, 9.17) is 0 Å². The highest BCUT2D eigenvalue weighted by Gasteiger charge is 2.24. The summed E-state index contributed by atoms with van der Waals surface area (Å²) in [5.74, 6) is 0. The first-order valence-electron chi connectivity index (χ1n) is 5.26. The lowest BCUT2D eigenvalue weighted by molar-refractivity contribution is 0.577. The molecule has 98 valence electrons. The molecule has 8 heteroatoms. The van der Waals surface area contributed by atoms with Gasteiger partial charge in [-0.25, -0.2) is 4.31 Å². The van der Waals surface area contributed by atoms with E-state index in [9.17, 15) is 8.42 Å². The zero-order valence-electron chi connectivity index (χ0n) is 10.7. The first kappa shape index (κ1) is 14.3. The third-order valence-electron chi connectivity index (χ3n) is 2.01. The summed E-state index contributed by atoms with van der Waals surface area (Å²) < 4.78 is 27.0. The minimum absolute atomic E-state index is 0.126. The van der Waals surface area contributed by atoms with Gasteiger partial charge in [0.2, 0.25) is 5.13 Å². The molecular weight excluding hydrogens is 260 g/mol. The van der Waals surface area contributed by atoms with Gasteiger partial charge in [-0.3, -0.25) is 0 Å². The summed E-state index contributed by atoms with van der Waals surface area (Å²) in [6, 6.07) is 0. The topological polar surface area (TPSA) is 75.2 Å². The Hall–Kier alpha value is -0.730. The van der Waals surface area contributed by atoms with Crippen molar-refractivity contribution in [3.63, 3.8) is 0 Å². The van der Waals surface area contributed by atoms with Gasteiger partial charge in [-0.2, -0.15) is 13.1 Å². The molecule has 0 aliphatic rings. The molecule has 0 aliphatic heterocycles. The van der Waals surface area contributed by atoms with Crippen LogP contribution < -0.4 is 9.03 Å². The van der Waals surface area contributed by atoms with Gasteiger partial charge in [-0.1, -0.05) is 39.0 Å². The van der Waals surface area contributed by atoms with Crippen molar-refractivity contribution in [1.29, 1.82) is 0 Å². The van der Waals surface area contributed by atoms with E-state index in [0.717, 1.165) is 9.31 Å². The molecule has 1 rings (SSSR count). The Kier molecular flexibility index (Phi) is 4.11. The number of nitrogens with zero attached hydrogens (tertiary/aromatic N) is 3. The minimum Gasteiger partial charge on any atom is -0.234 e. The lowest BCUT2D eigenvalue weighted by Gasteiger charge is -2.16. The monoisotopic (exact) mass is 278 g/mol. The summed E-state index contributed by atoms with van der Waals surface area (Å²) in [6.07, 6.45) is 0. The van der Waals surface area contributed by atoms with Gasteiger partial charge in [-0.05, 0) is 0 Å². The Bertz CT molecular complexity index is 475. The Morgan fingerprint density at radius 3 is 2.35 bits per heavy atom. The Balaban J connectivity index is 2.99. The Morgan fingerprint density at radius 1 is 1.35 bits per heavy atom. The SMILES string of the molecule is CCNS(=O)(=O)N(C)c1nnc(C(C)(C)C)s1. The molecule has 17 heavy (non-hydrogen) atoms. The summed E-state index contributed by atoms with van der Waals surface area (Å²) in [5.41, 5.74) is -0.126. The van der Waals surface area contributed by atoms with E-state index in [1.807, 2.05) is 20.8 Å². The smallest absolute Gasteiger partial charge is 0.234 e. The van der Waals surface area contributed by atoms with Crippen LogP contribution in [0.15, 0.2) is 0 Å². The van der Waals surface area contributed by atoms with Crippen LogP contribution in [0.1, 0.15) is 32.7 Å². The van der Waals surface area contributed by atoms with Gasteiger partial charge in [0.05, 0.1) is 0 Å². The van der Waals surface area contributed by atoms with Crippen molar-refractivity contribution in [2.24, 2.45) is 0 Å². The number of hydrogen-bond donors (Lipinski definition) is 1. The fraction of sp³-hybridized carbons (Fsp3) is 0.778. The van der Waals surface area contributed by atoms with Crippen LogP contribution in [0.25, 0.3) is 0 Å². The predicted molar refractivity (Wildman–Crippen MR) is 69.6 cm³/mol. The lowest BCUT2D eigenvalue weighted by atomic mass is 9.98. The summed E-state index contributed by atoms with van der Waals surface area (Å²) in [6.45, 7) is 8.10. The van der Waals surface area contributed by atoms with Crippen LogP contribution >= 0.6 is 11.3 Å². The van der Waals surface area contributed by atoms with Gasteiger partial charge in [-0.15, -0.1) is 10.2 Å². The van der Waals surface area contributed by atoms with E-state index in [1.165, 1.54) is 18.4 Å². The van der Waals surface area contributed by atoms with Crippen LogP contribution in [0.2, 0.25) is 0 Å². The molecule has 0 saturated carbocycles. The molecule has 1 heterocycles. The molecular formula is C9H18N4O2S2. The van der Waals surface area contributed by atoms with E-state index in [2.05, 4.69) is 14.9 Å². The first-order chi connectivity index (χ1) is 7.68. The second kappa shape index (κ2) is 4.87. The molecule has 0 aromatic carbocycles. The fourth-order valence-electron chi connectivity index (χ4n) is 1.03. The largest absolute Gasteiger partial charge is 0.303 e. The van der Waals surface area contributed by atoms with Gasteiger partial charge < -0.3 is 0 Å². The highest BCUT2D eigenvalue weighted by atomic mass is 32.2. The quantitative estimate of drug-likeness (QED) is 0.895. The Labute approximate surface area is 106 Å². The number of aromatic nitrogens is 2. The van der Waals surface area contributed by atoms with Crippen molar-refractivity contribution >= 4 is 26.7 Å². The maximum Gasteiger partial charge on any atom is 0.303 e. The average Bonchev–Trinajstić information content (AvgIpc) is 2.64. The molecule has 0 saturated heterocycles. The maximum atomic E-state index is 11.7. The van der Waals surface area contributed by atoms with Crippen LogP contribution in [0, 0.1) is 0 Å². The van der Waals surface area contributed by atoms with Gasteiger partial charge in [0.25, 0.3) is 0 Å². The molecule has 0 atom stereocenters. The highest BCUT2D eigenvalue weighted by molar-refractivity contribution is 7.91. The van der Waals surface area contributed by atoms with E-state index >= 15 is 0 Å². The number of anilines is 1. The summed E-state index contributed by atoms with van der Waals surface area (Å²) >= 11 is 1.29. The zero-order chi connectivity index (χ0) is 13.3. The first-order valence-corrected chi connectivity index (χ1v) is 7.51.